The summed E-state index contributed by atoms with van der Waals surface area (Å²) in [5.74, 6) is 0. The molecule has 1 saturated carbocycles. The van der Waals surface area contributed by atoms with E-state index < -0.39 is 0 Å². The van der Waals surface area contributed by atoms with Crippen molar-refractivity contribution in [3.63, 3.8) is 0 Å². The first-order valence-corrected chi connectivity index (χ1v) is 6.00. The van der Waals surface area contributed by atoms with Crippen LogP contribution in [0.15, 0.2) is 0 Å². The van der Waals surface area contributed by atoms with Crippen molar-refractivity contribution in [1.29, 1.82) is 0 Å². The van der Waals surface area contributed by atoms with E-state index in [0.717, 1.165) is 32.4 Å². The largest absolute Gasteiger partial charge is 0.394 e. The quantitative estimate of drug-likeness (QED) is 0.533. The molecule has 4 nitrogen and oxygen atoms in total. The molecule has 1 aliphatic rings. The molecule has 1 aliphatic carbocycles. The number of rotatable bonds is 7. The van der Waals surface area contributed by atoms with Gasteiger partial charge >= 0.3 is 0 Å². The van der Waals surface area contributed by atoms with Crippen LogP contribution < -0.4 is 11.1 Å². The first-order valence-electron chi connectivity index (χ1n) is 6.00. The summed E-state index contributed by atoms with van der Waals surface area (Å²) in [6.07, 6.45) is 5.73. The fraction of sp³-hybridized carbons (Fsp3) is 1.00. The second kappa shape index (κ2) is 8.05. The van der Waals surface area contributed by atoms with Gasteiger partial charge in [0.25, 0.3) is 0 Å². The molecule has 0 amide bonds. The molecule has 0 saturated heterocycles. The monoisotopic (exact) mass is 216 g/mol. The predicted octanol–water partition coefficient (Wildman–Crippen LogP) is 0.245. The Morgan fingerprint density at radius 1 is 1.20 bits per heavy atom. The third-order valence-electron chi connectivity index (χ3n) is 2.91. The summed E-state index contributed by atoms with van der Waals surface area (Å²) in [5.41, 5.74) is 5.84. The van der Waals surface area contributed by atoms with Crippen LogP contribution in [0.5, 0.6) is 0 Å². The molecule has 0 aliphatic heterocycles. The summed E-state index contributed by atoms with van der Waals surface area (Å²) in [6.45, 7) is 2.32. The maximum atomic E-state index is 8.50. The third-order valence-corrected chi connectivity index (χ3v) is 2.91. The summed E-state index contributed by atoms with van der Waals surface area (Å²) >= 11 is 0. The van der Waals surface area contributed by atoms with E-state index >= 15 is 0 Å². The molecule has 4 heteroatoms. The summed E-state index contributed by atoms with van der Waals surface area (Å²) < 4.78 is 5.18. The molecule has 0 bridgehead atoms. The highest BCUT2D eigenvalue weighted by molar-refractivity contribution is 4.78. The van der Waals surface area contributed by atoms with Gasteiger partial charge in [-0.3, -0.25) is 0 Å². The maximum absolute atomic E-state index is 8.50. The zero-order valence-electron chi connectivity index (χ0n) is 9.45. The van der Waals surface area contributed by atoms with Crippen LogP contribution in [0.2, 0.25) is 0 Å². The van der Waals surface area contributed by atoms with Crippen molar-refractivity contribution < 1.29 is 9.84 Å². The standard InChI is InChI=1S/C11H24N2O2/c12-10-2-4-11(5-3-10)13-6-1-8-15-9-7-14/h10-11,13-14H,1-9,12H2. The van der Waals surface area contributed by atoms with Crippen LogP contribution >= 0.6 is 0 Å². The van der Waals surface area contributed by atoms with Crippen LogP contribution in [0.25, 0.3) is 0 Å². The molecule has 0 unspecified atom stereocenters. The van der Waals surface area contributed by atoms with Crippen LogP contribution in [-0.4, -0.2) is 43.6 Å². The van der Waals surface area contributed by atoms with E-state index in [2.05, 4.69) is 5.32 Å². The zero-order valence-corrected chi connectivity index (χ0v) is 9.45. The smallest absolute Gasteiger partial charge is 0.0697 e. The minimum Gasteiger partial charge on any atom is -0.394 e. The lowest BCUT2D eigenvalue weighted by molar-refractivity contribution is 0.0901. The van der Waals surface area contributed by atoms with Crippen LogP contribution in [0.3, 0.4) is 0 Å². The van der Waals surface area contributed by atoms with Crippen LogP contribution in [-0.2, 0) is 4.74 Å². The number of nitrogens with one attached hydrogen (secondary N) is 1. The van der Waals surface area contributed by atoms with Crippen molar-refractivity contribution in [2.45, 2.75) is 44.2 Å². The molecule has 0 aromatic rings. The molecule has 0 radical (unpaired) electrons. The molecule has 0 heterocycles. The third kappa shape index (κ3) is 6.10. The predicted molar refractivity (Wildman–Crippen MR) is 60.8 cm³/mol. The Balaban J connectivity index is 1.87. The Kier molecular flexibility index (Phi) is 6.92. The summed E-state index contributed by atoms with van der Waals surface area (Å²) in [4.78, 5) is 0. The van der Waals surface area contributed by atoms with E-state index in [-0.39, 0.29) is 6.61 Å². The van der Waals surface area contributed by atoms with Crippen molar-refractivity contribution in [1.82, 2.24) is 5.32 Å². The van der Waals surface area contributed by atoms with Crippen molar-refractivity contribution in [2.24, 2.45) is 5.73 Å². The molecular formula is C11H24N2O2. The molecule has 15 heavy (non-hydrogen) atoms. The minimum absolute atomic E-state index is 0.119. The van der Waals surface area contributed by atoms with Gasteiger partial charge in [-0.25, -0.2) is 0 Å². The highest BCUT2D eigenvalue weighted by Gasteiger charge is 2.17. The van der Waals surface area contributed by atoms with E-state index in [1.165, 1.54) is 12.8 Å². The number of aliphatic hydroxyl groups is 1. The lowest BCUT2D eigenvalue weighted by Gasteiger charge is -2.26. The van der Waals surface area contributed by atoms with E-state index in [1.807, 2.05) is 0 Å². The highest BCUT2D eigenvalue weighted by atomic mass is 16.5. The molecule has 0 aromatic heterocycles. The Labute approximate surface area is 92.2 Å². The summed E-state index contributed by atoms with van der Waals surface area (Å²) in [6, 6.07) is 1.08. The molecule has 90 valence electrons. The maximum Gasteiger partial charge on any atom is 0.0697 e. The fourth-order valence-electron chi connectivity index (χ4n) is 1.97. The normalized spacial score (nSPS) is 26.8. The highest BCUT2D eigenvalue weighted by Crippen LogP contribution is 2.16. The molecule has 0 aromatic carbocycles. The summed E-state index contributed by atoms with van der Waals surface area (Å²) in [5, 5.41) is 12.0. The molecule has 4 N–H and O–H groups in total. The topological polar surface area (TPSA) is 67.5 Å². The number of ether oxygens (including phenoxy) is 1. The number of aliphatic hydroxyl groups excluding tert-OH is 1. The Bertz CT molecular complexity index is 148. The van der Waals surface area contributed by atoms with Crippen LogP contribution in [0.4, 0.5) is 0 Å². The minimum atomic E-state index is 0.119. The Morgan fingerprint density at radius 2 is 1.93 bits per heavy atom. The average Bonchev–Trinajstić information content (AvgIpc) is 2.26. The fourth-order valence-corrected chi connectivity index (χ4v) is 1.97. The zero-order chi connectivity index (χ0) is 10.9. The van der Waals surface area contributed by atoms with Gasteiger partial charge in [0.1, 0.15) is 0 Å². The lowest BCUT2D eigenvalue weighted by Crippen LogP contribution is -2.38. The van der Waals surface area contributed by atoms with E-state index in [4.69, 9.17) is 15.6 Å². The van der Waals surface area contributed by atoms with Crippen molar-refractivity contribution in [3.05, 3.63) is 0 Å². The number of hydrogen-bond acceptors (Lipinski definition) is 4. The molecular weight excluding hydrogens is 192 g/mol. The van der Waals surface area contributed by atoms with Gasteiger partial charge in [-0.1, -0.05) is 0 Å². The van der Waals surface area contributed by atoms with Crippen molar-refractivity contribution in [2.75, 3.05) is 26.4 Å². The van der Waals surface area contributed by atoms with Gasteiger partial charge in [0.2, 0.25) is 0 Å². The Morgan fingerprint density at radius 3 is 2.60 bits per heavy atom. The molecule has 1 fully saturated rings. The van der Waals surface area contributed by atoms with Crippen LogP contribution in [0, 0.1) is 0 Å². The van der Waals surface area contributed by atoms with Gasteiger partial charge in [0.15, 0.2) is 0 Å². The molecule has 0 atom stereocenters. The van der Waals surface area contributed by atoms with Gasteiger partial charge in [0, 0.05) is 18.7 Å². The second-order valence-electron chi connectivity index (χ2n) is 4.26. The van der Waals surface area contributed by atoms with E-state index in [9.17, 15) is 0 Å². The Hall–Kier alpha value is -0.160. The second-order valence-corrected chi connectivity index (χ2v) is 4.26. The number of nitrogens with two attached hydrogens (primary N) is 1. The summed E-state index contributed by atoms with van der Waals surface area (Å²) in [7, 11) is 0. The van der Waals surface area contributed by atoms with Gasteiger partial charge in [-0.15, -0.1) is 0 Å². The van der Waals surface area contributed by atoms with Gasteiger partial charge in [-0.05, 0) is 38.6 Å². The van der Waals surface area contributed by atoms with E-state index in [0.29, 0.717) is 18.7 Å². The molecule has 0 spiro atoms. The average molecular weight is 216 g/mol. The molecule has 1 rings (SSSR count). The lowest BCUT2D eigenvalue weighted by atomic mass is 9.92. The first kappa shape index (κ1) is 12.9. The van der Waals surface area contributed by atoms with Gasteiger partial charge < -0.3 is 20.9 Å². The van der Waals surface area contributed by atoms with Crippen molar-refractivity contribution in [3.8, 4) is 0 Å². The SMILES string of the molecule is NC1CCC(NCCCOCCO)CC1. The van der Waals surface area contributed by atoms with Gasteiger partial charge in [-0.2, -0.15) is 0 Å². The first-order chi connectivity index (χ1) is 7.33. The van der Waals surface area contributed by atoms with Gasteiger partial charge in [0.05, 0.1) is 13.2 Å². The van der Waals surface area contributed by atoms with Crippen molar-refractivity contribution >= 4 is 0 Å². The van der Waals surface area contributed by atoms with E-state index in [1.54, 1.807) is 0 Å². The van der Waals surface area contributed by atoms with Crippen LogP contribution in [0.1, 0.15) is 32.1 Å². The number of hydrogen-bond donors (Lipinski definition) is 3.